The Hall–Kier alpha value is -1.27. The summed E-state index contributed by atoms with van der Waals surface area (Å²) in [4.78, 5) is 4.08. The van der Waals surface area contributed by atoms with Gasteiger partial charge >= 0.3 is 58.7 Å². The van der Waals surface area contributed by atoms with Crippen molar-refractivity contribution in [1.82, 2.24) is 29.8 Å². The van der Waals surface area contributed by atoms with Crippen LogP contribution in [0.1, 0.15) is 35.6 Å². The first-order valence-electron chi connectivity index (χ1n) is 7.93. The van der Waals surface area contributed by atoms with E-state index in [0.29, 0.717) is 0 Å². The molecule has 0 unspecified atom stereocenters. The Morgan fingerprint density at radius 2 is 0.923 bits per heavy atom. The molecule has 0 amide bonds. The van der Waals surface area contributed by atoms with E-state index in [9.17, 15) is 0 Å². The Balaban J connectivity index is 0.00000182. The number of aromatic nitrogens is 6. The molecule has 0 aliphatic carbocycles. The molecule has 3 rings (SSSR count). The Bertz CT molecular complexity index is 782. The molecule has 0 saturated carbocycles. The van der Waals surface area contributed by atoms with E-state index in [2.05, 4.69) is 15.3 Å². The molecule has 0 aliphatic heterocycles. The van der Waals surface area contributed by atoms with Crippen molar-refractivity contribution in [3.63, 3.8) is 0 Å². The second kappa shape index (κ2) is 8.61. The topological polar surface area (TPSA) is 81.1 Å². The number of nitrogens with zero attached hydrogens (tertiary/aromatic N) is 6. The minimum absolute atomic E-state index is 0. The van der Waals surface area contributed by atoms with Crippen LogP contribution in [0.5, 0.6) is 0 Å². The molecular weight excluding hydrogens is 362 g/mol. The third-order valence-electron chi connectivity index (χ3n) is 3.46. The molecular formula is C15H22BKN6O3. The van der Waals surface area contributed by atoms with Gasteiger partial charge in [-0.1, -0.05) is 0 Å². The normalized spacial score (nSPS) is 10.4. The molecule has 0 aliphatic rings. The minimum atomic E-state index is -1.14. The van der Waals surface area contributed by atoms with Gasteiger partial charge < -0.3 is 15.7 Å². The van der Waals surface area contributed by atoms with Gasteiger partial charge in [-0.3, -0.25) is 0 Å². The summed E-state index contributed by atoms with van der Waals surface area (Å²) in [6.07, 6.45) is 0. The maximum Gasteiger partial charge on any atom is 1.00 e. The van der Waals surface area contributed by atoms with Crippen LogP contribution in [0.4, 0.5) is 0 Å². The zero-order chi connectivity index (χ0) is 18.1. The predicted molar refractivity (Wildman–Crippen MR) is 91.7 cm³/mol. The summed E-state index contributed by atoms with van der Waals surface area (Å²) in [6.45, 7) is 11.3. The second-order valence-corrected chi connectivity index (χ2v) is 6.01. The summed E-state index contributed by atoms with van der Waals surface area (Å²) >= 11 is 0. The monoisotopic (exact) mass is 384 g/mol. The Morgan fingerprint density at radius 3 is 1.12 bits per heavy atom. The van der Waals surface area contributed by atoms with Gasteiger partial charge in [0, 0.05) is 0 Å². The van der Waals surface area contributed by atoms with Gasteiger partial charge in [0.1, 0.15) is 0 Å². The van der Waals surface area contributed by atoms with Gasteiger partial charge in [-0.2, -0.15) is 0 Å². The molecule has 9 nitrogen and oxygen atoms in total. The zero-order valence-corrected chi connectivity index (χ0v) is 19.3. The van der Waals surface area contributed by atoms with E-state index in [4.69, 9.17) is 14.3 Å². The van der Waals surface area contributed by atoms with Crippen LogP contribution >= 0.6 is 0 Å². The van der Waals surface area contributed by atoms with Crippen molar-refractivity contribution >= 4 is 7.32 Å². The van der Waals surface area contributed by atoms with Crippen molar-refractivity contribution in [2.24, 2.45) is 0 Å². The van der Waals surface area contributed by atoms with Crippen molar-refractivity contribution in [3.05, 3.63) is 52.4 Å². The molecule has 3 aromatic rings. The maximum atomic E-state index is 5.74. The first-order chi connectivity index (χ1) is 11.8. The molecule has 0 atom stereocenters. The smallest absolute Gasteiger partial charge is 1.00 e. The average Bonchev–Trinajstić information content (AvgIpc) is 3.10. The summed E-state index contributed by atoms with van der Waals surface area (Å²) in [6, 6.07) is 5.68. The van der Waals surface area contributed by atoms with Crippen LogP contribution in [0.2, 0.25) is 0 Å². The van der Waals surface area contributed by atoms with Crippen LogP contribution in [0.25, 0.3) is 0 Å². The van der Waals surface area contributed by atoms with Crippen LogP contribution in [0.3, 0.4) is 0 Å². The van der Waals surface area contributed by atoms with Crippen molar-refractivity contribution in [2.45, 2.75) is 41.5 Å². The molecule has 0 radical (unpaired) electrons. The molecule has 0 spiro atoms. The maximum absolute atomic E-state index is 5.74. The quantitative estimate of drug-likeness (QED) is 0.454. The molecule has 0 N–H and O–H groups in total. The van der Waals surface area contributed by atoms with Gasteiger partial charge in [-0.25, -0.2) is 0 Å². The third kappa shape index (κ3) is 4.92. The Kier molecular flexibility index (Phi) is 6.97. The summed E-state index contributed by atoms with van der Waals surface area (Å²) < 4.78 is 17.2. The SMILES string of the molecule is Cc1cc(C)n(OB(On2nc(C)cc2C)On2nc(C)cc2C)n1.[H-].[K+]. The van der Waals surface area contributed by atoms with E-state index in [1.54, 1.807) is 0 Å². The number of hydrogen-bond donors (Lipinski definition) is 0. The zero-order valence-electron chi connectivity index (χ0n) is 17.2. The summed E-state index contributed by atoms with van der Waals surface area (Å²) in [5.74, 6) is 0. The fraction of sp³-hybridized carbons (Fsp3) is 0.400. The predicted octanol–water partition coefficient (Wildman–Crippen LogP) is -2.09. The van der Waals surface area contributed by atoms with Crippen molar-refractivity contribution in [3.8, 4) is 0 Å². The summed E-state index contributed by atoms with van der Waals surface area (Å²) in [5, 5.41) is 12.8. The first-order valence-corrected chi connectivity index (χ1v) is 7.93. The van der Waals surface area contributed by atoms with Gasteiger partial charge in [0.2, 0.25) is 0 Å². The third-order valence-corrected chi connectivity index (χ3v) is 3.46. The van der Waals surface area contributed by atoms with Gasteiger partial charge in [0.05, 0.1) is 34.2 Å². The van der Waals surface area contributed by atoms with Crippen LogP contribution in [-0.2, 0) is 0 Å². The van der Waals surface area contributed by atoms with E-state index in [1.807, 2.05) is 59.7 Å². The molecule has 0 bridgehead atoms. The average molecular weight is 384 g/mol. The van der Waals surface area contributed by atoms with Gasteiger partial charge in [-0.15, -0.1) is 29.8 Å². The van der Waals surface area contributed by atoms with Crippen LogP contribution in [0.15, 0.2) is 18.2 Å². The summed E-state index contributed by atoms with van der Waals surface area (Å²) in [5.41, 5.74) is 4.93. The molecule has 0 fully saturated rings. The fourth-order valence-corrected chi connectivity index (χ4v) is 2.45. The minimum Gasteiger partial charge on any atom is -1.00 e. The molecule has 0 saturated heterocycles. The van der Waals surface area contributed by atoms with Crippen molar-refractivity contribution in [2.75, 3.05) is 0 Å². The van der Waals surface area contributed by atoms with Crippen molar-refractivity contribution < 1.29 is 67.1 Å². The Morgan fingerprint density at radius 1 is 0.654 bits per heavy atom. The van der Waals surface area contributed by atoms with Gasteiger partial charge in [0.15, 0.2) is 0 Å². The number of hydrogen-bond acceptors (Lipinski definition) is 6. The van der Waals surface area contributed by atoms with E-state index in [-0.39, 0.29) is 52.8 Å². The Labute approximate surface area is 196 Å². The largest absolute Gasteiger partial charge is 1.00 e. The molecule has 11 heteroatoms. The van der Waals surface area contributed by atoms with E-state index in [1.165, 1.54) is 14.5 Å². The van der Waals surface area contributed by atoms with E-state index >= 15 is 0 Å². The van der Waals surface area contributed by atoms with Gasteiger partial charge in [0.25, 0.3) is 0 Å². The number of rotatable bonds is 6. The van der Waals surface area contributed by atoms with Crippen molar-refractivity contribution in [1.29, 1.82) is 0 Å². The standard InChI is InChI=1S/C15H21BN6O3.K.H/c1-10-7-13(4)20(17-10)23-16(24-21-14(5)8-11(2)18-21)25-22-15(6)9-12(3)19-22;;/h7-9H,1-6H3;;/q;+1;-1. The van der Waals surface area contributed by atoms with Gasteiger partial charge in [-0.05, 0) is 59.7 Å². The fourth-order valence-electron chi connectivity index (χ4n) is 2.45. The van der Waals surface area contributed by atoms with E-state index < -0.39 is 7.32 Å². The van der Waals surface area contributed by atoms with Crippen LogP contribution < -0.4 is 65.6 Å². The number of aryl methyl sites for hydroxylation is 6. The molecule has 3 heterocycles. The van der Waals surface area contributed by atoms with E-state index in [0.717, 1.165) is 34.2 Å². The molecule has 3 aromatic heterocycles. The molecule has 0 aromatic carbocycles. The molecule has 26 heavy (non-hydrogen) atoms. The second-order valence-electron chi connectivity index (χ2n) is 6.01. The first kappa shape index (κ1) is 21.0. The van der Waals surface area contributed by atoms with Crippen LogP contribution in [0, 0.1) is 41.5 Å². The molecule has 134 valence electrons. The summed E-state index contributed by atoms with van der Waals surface area (Å²) in [7, 11) is -1.14. The van der Waals surface area contributed by atoms with Crippen LogP contribution in [-0.4, -0.2) is 37.2 Å².